The minimum atomic E-state index is -0.843. The molecular formula is C12H18O2. The Balaban J connectivity index is 0.000000791. The third kappa shape index (κ3) is 2.87. The number of carboxylic acid groups (broad SMARTS) is 1. The van der Waals surface area contributed by atoms with Crippen LogP contribution in [0.15, 0.2) is 12.1 Å². The number of rotatable bonds is 1. The molecule has 78 valence electrons. The molecule has 0 heterocycles. The monoisotopic (exact) mass is 194 g/mol. The summed E-state index contributed by atoms with van der Waals surface area (Å²) in [7, 11) is 0. The van der Waals surface area contributed by atoms with Crippen LogP contribution in [0.1, 0.15) is 40.9 Å². The van der Waals surface area contributed by atoms with Gasteiger partial charge in [0.1, 0.15) is 0 Å². The molecule has 0 aromatic heterocycles. The number of aromatic carboxylic acids is 1. The molecule has 1 N–H and O–H groups in total. The summed E-state index contributed by atoms with van der Waals surface area (Å²) < 4.78 is 0. The number of hydrogen-bond acceptors (Lipinski definition) is 1. The molecule has 0 fully saturated rings. The number of aryl methyl sites for hydroxylation is 3. The highest BCUT2D eigenvalue weighted by atomic mass is 16.4. The highest BCUT2D eigenvalue weighted by Crippen LogP contribution is 2.15. The van der Waals surface area contributed by atoms with Gasteiger partial charge in [-0.25, -0.2) is 4.79 Å². The number of carbonyl (C=O) groups is 1. The van der Waals surface area contributed by atoms with Gasteiger partial charge >= 0.3 is 5.97 Å². The molecule has 0 atom stereocenters. The maximum absolute atomic E-state index is 10.8. The van der Waals surface area contributed by atoms with Crippen molar-refractivity contribution in [1.29, 1.82) is 0 Å². The van der Waals surface area contributed by atoms with E-state index in [2.05, 4.69) is 0 Å². The van der Waals surface area contributed by atoms with Crippen molar-refractivity contribution in [3.8, 4) is 0 Å². The second-order valence-electron chi connectivity index (χ2n) is 3.08. The lowest BCUT2D eigenvalue weighted by molar-refractivity contribution is 0.0695. The molecule has 1 rings (SSSR count). The number of carboxylic acids is 1. The average Bonchev–Trinajstić information content (AvgIpc) is 2.04. The van der Waals surface area contributed by atoms with E-state index in [0.717, 1.165) is 16.7 Å². The molecule has 0 spiro atoms. The highest BCUT2D eigenvalue weighted by molar-refractivity contribution is 5.91. The van der Waals surface area contributed by atoms with Gasteiger partial charge in [-0.2, -0.15) is 0 Å². The summed E-state index contributed by atoms with van der Waals surface area (Å²) in [5.41, 5.74) is 3.20. The molecule has 0 saturated heterocycles. The average molecular weight is 194 g/mol. The summed E-state index contributed by atoms with van der Waals surface area (Å²) in [5, 5.41) is 8.84. The van der Waals surface area contributed by atoms with E-state index in [1.54, 1.807) is 0 Å². The van der Waals surface area contributed by atoms with Crippen LogP contribution >= 0.6 is 0 Å². The molecule has 14 heavy (non-hydrogen) atoms. The fourth-order valence-corrected chi connectivity index (χ4v) is 1.52. The van der Waals surface area contributed by atoms with Gasteiger partial charge in [-0.15, -0.1) is 0 Å². The van der Waals surface area contributed by atoms with E-state index in [4.69, 9.17) is 5.11 Å². The van der Waals surface area contributed by atoms with Gasteiger partial charge < -0.3 is 5.11 Å². The Bertz CT molecular complexity index is 304. The van der Waals surface area contributed by atoms with Crippen molar-refractivity contribution >= 4 is 5.97 Å². The molecule has 2 nitrogen and oxygen atoms in total. The first kappa shape index (κ1) is 12.7. The van der Waals surface area contributed by atoms with Crippen molar-refractivity contribution in [2.75, 3.05) is 0 Å². The molecule has 0 bridgehead atoms. The minimum Gasteiger partial charge on any atom is -0.478 e. The van der Waals surface area contributed by atoms with E-state index >= 15 is 0 Å². The maximum atomic E-state index is 10.8. The Morgan fingerprint density at radius 3 is 1.71 bits per heavy atom. The quantitative estimate of drug-likeness (QED) is 0.744. The summed E-state index contributed by atoms with van der Waals surface area (Å²) in [4.78, 5) is 10.8. The van der Waals surface area contributed by atoms with Crippen molar-refractivity contribution in [3.63, 3.8) is 0 Å². The molecule has 0 unspecified atom stereocenters. The largest absolute Gasteiger partial charge is 0.478 e. The van der Waals surface area contributed by atoms with Crippen LogP contribution in [0.25, 0.3) is 0 Å². The van der Waals surface area contributed by atoms with Crippen molar-refractivity contribution in [2.24, 2.45) is 0 Å². The Hall–Kier alpha value is -1.31. The third-order valence-corrected chi connectivity index (χ3v) is 1.89. The van der Waals surface area contributed by atoms with Crippen LogP contribution in [0.5, 0.6) is 0 Å². The smallest absolute Gasteiger partial charge is 0.336 e. The molecule has 0 amide bonds. The predicted molar refractivity (Wildman–Crippen MR) is 59.0 cm³/mol. The molecule has 0 saturated carbocycles. The summed E-state index contributed by atoms with van der Waals surface area (Å²) in [5.74, 6) is -0.843. The van der Waals surface area contributed by atoms with Crippen molar-refractivity contribution in [3.05, 3.63) is 34.4 Å². The van der Waals surface area contributed by atoms with Crippen molar-refractivity contribution in [2.45, 2.75) is 34.6 Å². The Morgan fingerprint density at radius 2 is 1.43 bits per heavy atom. The number of benzene rings is 1. The van der Waals surface area contributed by atoms with Crippen molar-refractivity contribution < 1.29 is 9.90 Å². The lowest BCUT2D eigenvalue weighted by Crippen LogP contribution is -2.03. The molecule has 1 aromatic carbocycles. The molecular weight excluding hydrogens is 176 g/mol. The zero-order valence-electron chi connectivity index (χ0n) is 9.51. The minimum absolute atomic E-state index is 0.431. The summed E-state index contributed by atoms with van der Waals surface area (Å²) in [6, 6.07) is 3.77. The lowest BCUT2D eigenvalue weighted by atomic mass is 10.0. The van der Waals surface area contributed by atoms with Crippen LogP contribution in [-0.4, -0.2) is 11.1 Å². The predicted octanol–water partition coefficient (Wildman–Crippen LogP) is 3.34. The van der Waals surface area contributed by atoms with Gasteiger partial charge in [0.25, 0.3) is 0 Å². The van der Waals surface area contributed by atoms with Crippen LogP contribution in [0.4, 0.5) is 0 Å². The SMILES string of the molecule is CC.Cc1cc(C)c(C(=O)O)c(C)c1. The van der Waals surface area contributed by atoms with E-state index in [-0.39, 0.29) is 0 Å². The Labute approximate surface area is 85.6 Å². The first-order valence-corrected chi connectivity index (χ1v) is 4.83. The topological polar surface area (TPSA) is 37.3 Å². The second-order valence-corrected chi connectivity index (χ2v) is 3.08. The van der Waals surface area contributed by atoms with Gasteiger partial charge in [-0.3, -0.25) is 0 Å². The summed E-state index contributed by atoms with van der Waals surface area (Å²) in [6.45, 7) is 9.61. The molecule has 0 aliphatic rings. The number of hydrogen-bond donors (Lipinski definition) is 1. The lowest BCUT2D eigenvalue weighted by Gasteiger charge is -2.05. The first-order chi connectivity index (χ1) is 6.52. The Kier molecular flexibility index (Phi) is 4.92. The zero-order valence-corrected chi connectivity index (χ0v) is 9.51. The molecule has 0 aliphatic heterocycles. The van der Waals surface area contributed by atoms with Gasteiger partial charge in [0.15, 0.2) is 0 Å². The van der Waals surface area contributed by atoms with E-state index in [9.17, 15) is 4.79 Å². The van der Waals surface area contributed by atoms with E-state index in [0.29, 0.717) is 5.56 Å². The maximum Gasteiger partial charge on any atom is 0.336 e. The summed E-state index contributed by atoms with van der Waals surface area (Å²) in [6.07, 6.45) is 0. The highest BCUT2D eigenvalue weighted by Gasteiger charge is 2.09. The summed E-state index contributed by atoms with van der Waals surface area (Å²) >= 11 is 0. The van der Waals surface area contributed by atoms with Crippen LogP contribution < -0.4 is 0 Å². The fourth-order valence-electron chi connectivity index (χ4n) is 1.52. The molecule has 1 aromatic rings. The van der Waals surface area contributed by atoms with Crippen LogP contribution in [0, 0.1) is 20.8 Å². The standard InChI is InChI=1S/C10H12O2.C2H6/c1-6-4-7(2)9(10(11)12)8(3)5-6;1-2/h4-5H,1-3H3,(H,11,12);1-2H3. The van der Waals surface area contributed by atoms with Crippen LogP contribution in [0.3, 0.4) is 0 Å². The molecule has 2 heteroatoms. The first-order valence-electron chi connectivity index (χ1n) is 4.83. The second kappa shape index (κ2) is 5.43. The van der Waals surface area contributed by atoms with Crippen molar-refractivity contribution in [1.82, 2.24) is 0 Å². The van der Waals surface area contributed by atoms with E-state index in [1.807, 2.05) is 46.8 Å². The van der Waals surface area contributed by atoms with Crippen LogP contribution in [0.2, 0.25) is 0 Å². The normalized spacial score (nSPS) is 8.93. The van der Waals surface area contributed by atoms with E-state index in [1.165, 1.54) is 0 Å². The van der Waals surface area contributed by atoms with Gasteiger partial charge in [0.05, 0.1) is 5.56 Å². The van der Waals surface area contributed by atoms with Gasteiger partial charge in [0.2, 0.25) is 0 Å². The third-order valence-electron chi connectivity index (χ3n) is 1.89. The molecule has 0 radical (unpaired) electrons. The zero-order chi connectivity index (χ0) is 11.3. The van der Waals surface area contributed by atoms with Gasteiger partial charge in [-0.1, -0.05) is 31.5 Å². The van der Waals surface area contributed by atoms with Crippen LogP contribution in [-0.2, 0) is 0 Å². The van der Waals surface area contributed by atoms with E-state index < -0.39 is 5.97 Å². The van der Waals surface area contributed by atoms with Gasteiger partial charge in [-0.05, 0) is 31.9 Å². The fraction of sp³-hybridized carbons (Fsp3) is 0.417. The molecule has 0 aliphatic carbocycles. The van der Waals surface area contributed by atoms with Gasteiger partial charge in [0, 0.05) is 0 Å². The Morgan fingerprint density at radius 1 is 1.07 bits per heavy atom.